The Labute approximate surface area is 190 Å². The van der Waals surface area contributed by atoms with Crippen molar-refractivity contribution in [3.63, 3.8) is 0 Å². The van der Waals surface area contributed by atoms with Crippen molar-refractivity contribution >= 4 is 51.1 Å². The summed E-state index contributed by atoms with van der Waals surface area (Å²) in [5.74, 6) is -3.11. The Morgan fingerprint density at radius 2 is 1.78 bits per heavy atom. The van der Waals surface area contributed by atoms with Crippen LogP contribution in [0.3, 0.4) is 0 Å². The minimum absolute atomic E-state index is 0.0932. The average Bonchev–Trinajstić information content (AvgIpc) is 3.27. The molecule has 5 rings (SSSR count). The van der Waals surface area contributed by atoms with Crippen LogP contribution in [0.5, 0.6) is 0 Å². The Bertz CT molecular complexity index is 1230. The molecule has 2 fully saturated rings. The number of rotatable bonds is 4. The quantitative estimate of drug-likeness (QED) is 0.279. The molecule has 2 aromatic carbocycles. The molecule has 3 aliphatic heterocycles. The number of hydrazone groups is 1. The highest BCUT2D eigenvalue weighted by Crippen LogP contribution is 2.46. The van der Waals surface area contributed by atoms with Gasteiger partial charge < -0.3 is 0 Å². The number of Topliss-reactive ketones (excluding diaryl/α,β-unsaturated/α-hetero) is 1. The molecule has 3 heterocycles. The Kier molecular flexibility index (Phi) is 4.74. The summed E-state index contributed by atoms with van der Waals surface area (Å²) in [4.78, 5) is 52.1. The van der Waals surface area contributed by atoms with Crippen LogP contribution in [0.25, 0.3) is 0 Å². The van der Waals surface area contributed by atoms with E-state index in [2.05, 4.69) is 21.0 Å². The van der Waals surface area contributed by atoms with Crippen molar-refractivity contribution in [3.8, 4) is 0 Å². The first-order valence-corrected chi connectivity index (χ1v) is 10.6. The Balaban J connectivity index is 1.57. The van der Waals surface area contributed by atoms with Crippen LogP contribution in [-0.2, 0) is 9.59 Å². The monoisotopic (exact) mass is 494 g/mol. The lowest BCUT2D eigenvalue weighted by atomic mass is 9.86. The molecule has 9 nitrogen and oxygen atoms in total. The molecule has 2 saturated heterocycles. The van der Waals surface area contributed by atoms with E-state index in [4.69, 9.17) is 0 Å². The van der Waals surface area contributed by atoms with Crippen LogP contribution in [0, 0.1) is 22.0 Å². The van der Waals surface area contributed by atoms with Crippen LogP contribution in [0.15, 0.2) is 70.3 Å². The first-order valence-electron chi connectivity index (χ1n) is 9.79. The highest BCUT2D eigenvalue weighted by Gasteiger charge is 2.64. The van der Waals surface area contributed by atoms with Gasteiger partial charge in [0, 0.05) is 28.4 Å². The van der Waals surface area contributed by atoms with Gasteiger partial charge in [0.05, 0.1) is 28.5 Å². The summed E-state index contributed by atoms with van der Waals surface area (Å²) in [5, 5.41) is 16.9. The molecule has 10 heteroatoms. The van der Waals surface area contributed by atoms with Gasteiger partial charge >= 0.3 is 0 Å². The number of ketones is 1. The number of nitro benzene ring substituents is 1. The lowest BCUT2D eigenvalue weighted by molar-refractivity contribution is -0.384. The average molecular weight is 495 g/mol. The lowest BCUT2D eigenvalue weighted by Crippen LogP contribution is -2.46. The van der Waals surface area contributed by atoms with Gasteiger partial charge in [-0.25, -0.2) is 4.90 Å². The van der Waals surface area contributed by atoms with E-state index in [1.165, 1.54) is 35.5 Å². The molecule has 0 spiro atoms. The molecule has 32 heavy (non-hydrogen) atoms. The maximum Gasteiger partial charge on any atom is 0.270 e. The number of hydrogen-bond acceptors (Lipinski definition) is 7. The van der Waals surface area contributed by atoms with Gasteiger partial charge in [0.15, 0.2) is 5.78 Å². The number of hydrogen-bond donors (Lipinski definition) is 0. The molecule has 0 N–H and O–H groups in total. The molecule has 0 aliphatic carbocycles. The fourth-order valence-corrected chi connectivity index (χ4v) is 4.89. The standard InChI is InChI=1S/C22H15BrN4O5/c23-13-6-8-14(9-7-13)25-21(29)17-16-5-2-10-24-26(16)19(18(17)22(25)30)20(28)12-3-1-4-15(11-12)27(31)32/h1-11,16-19H/t16-,17-,18+,19-/m1/s1. The zero-order valence-corrected chi connectivity index (χ0v) is 18.0. The molecule has 160 valence electrons. The highest BCUT2D eigenvalue weighted by molar-refractivity contribution is 9.10. The van der Waals surface area contributed by atoms with Crippen molar-refractivity contribution in [2.75, 3.05) is 4.90 Å². The summed E-state index contributed by atoms with van der Waals surface area (Å²) in [6.07, 6.45) is 4.92. The van der Waals surface area contributed by atoms with E-state index in [0.29, 0.717) is 5.69 Å². The second-order valence-electron chi connectivity index (χ2n) is 7.68. The van der Waals surface area contributed by atoms with Crippen molar-refractivity contribution in [1.82, 2.24) is 5.01 Å². The zero-order chi connectivity index (χ0) is 22.6. The van der Waals surface area contributed by atoms with E-state index < -0.39 is 46.4 Å². The molecule has 2 aromatic rings. The van der Waals surface area contributed by atoms with Crippen molar-refractivity contribution in [3.05, 3.63) is 80.8 Å². The minimum atomic E-state index is -1.05. The van der Waals surface area contributed by atoms with E-state index in [1.807, 2.05) is 0 Å². The summed E-state index contributed by atoms with van der Waals surface area (Å²) in [5.41, 5.74) is 0.291. The summed E-state index contributed by atoms with van der Waals surface area (Å²) in [7, 11) is 0. The van der Waals surface area contributed by atoms with Gasteiger partial charge in [-0.05, 0) is 30.3 Å². The molecule has 0 radical (unpaired) electrons. The highest BCUT2D eigenvalue weighted by atomic mass is 79.9. The summed E-state index contributed by atoms with van der Waals surface area (Å²) in [6, 6.07) is 10.5. The Morgan fingerprint density at radius 3 is 2.50 bits per heavy atom. The Hall–Kier alpha value is -3.66. The van der Waals surface area contributed by atoms with Crippen LogP contribution < -0.4 is 4.90 Å². The van der Waals surface area contributed by atoms with Crippen molar-refractivity contribution in [2.45, 2.75) is 12.1 Å². The predicted octanol–water partition coefficient (Wildman–Crippen LogP) is 2.95. The van der Waals surface area contributed by atoms with Gasteiger partial charge in [0.1, 0.15) is 6.04 Å². The third kappa shape index (κ3) is 2.98. The number of non-ortho nitro benzene ring substituents is 1. The van der Waals surface area contributed by atoms with Crippen molar-refractivity contribution in [2.24, 2.45) is 16.9 Å². The number of amides is 2. The van der Waals surface area contributed by atoms with Crippen molar-refractivity contribution < 1.29 is 19.3 Å². The van der Waals surface area contributed by atoms with Crippen molar-refractivity contribution in [1.29, 1.82) is 0 Å². The first-order chi connectivity index (χ1) is 15.4. The third-order valence-electron chi connectivity index (χ3n) is 5.99. The number of halogens is 1. The fraction of sp³-hybridized carbons (Fsp3) is 0.182. The van der Waals surface area contributed by atoms with E-state index in [1.54, 1.807) is 36.4 Å². The number of nitrogens with zero attached hydrogens (tertiary/aromatic N) is 4. The second kappa shape index (κ2) is 7.49. The molecular formula is C22H15BrN4O5. The molecule has 0 bridgehead atoms. The summed E-state index contributed by atoms with van der Waals surface area (Å²) < 4.78 is 0.801. The second-order valence-corrected chi connectivity index (χ2v) is 8.59. The Morgan fingerprint density at radius 1 is 1.06 bits per heavy atom. The molecule has 4 atom stereocenters. The SMILES string of the molecule is O=C(c1cccc([N+](=O)[O-])c1)[C@H]1[C@H]2C(=O)N(c3ccc(Br)cc3)C(=O)[C@@H]2[C@H]2C=CC=NN21. The normalized spacial score (nSPS) is 25.8. The van der Waals surface area contributed by atoms with Crippen LogP contribution >= 0.6 is 15.9 Å². The maximum absolute atomic E-state index is 13.5. The van der Waals surface area contributed by atoms with E-state index >= 15 is 0 Å². The zero-order valence-electron chi connectivity index (χ0n) is 16.4. The number of benzene rings is 2. The number of carbonyl (C=O) groups excluding carboxylic acids is 3. The number of nitro groups is 1. The van der Waals surface area contributed by atoms with Crippen LogP contribution in [0.2, 0.25) is 0 Å². The molecule has 2 amide bonds. The van der Waals surface area contributed by atoms with E-state index in [9.17, 15) is 24.5 Å². The van der Waals surface area contributed by atoms with Gasteiger partial charge in [-0.2, -0.15) is 5.10 Å². The number of anilines is 1. The number of allylic oxidation sites excluding steroid dienone is 1. The summed E-state index contributed by atoms with van der Waals surface area (Å²) >= 11 is 3.34. The van der Waals surface area contributed by atoms with E-state index in [0.717, 1.165) is 9.37 Å². The fourth-order valence-electron chi connectivity index (χ4n) is 4.63. The molecular weight excluding hydrogens is 480 g/mol. The van der Waals surface area contributed by atoms with Gasteiger partial charge in [0.25, 0.3) is 5.69 Å². The van der Waals surface area contributed by atoms with Crippen LogP contribution in [-0.4, -0.2) is 45.8 Å². The number of imide groups is 1. The minimum Gasteiger partial charge on any atom is -0.292 e. The summed E-state index contributed by atoms with van der Waals surface area (Å²) in [6.45, 7) is 0. The molecule has 0 aromatic heterocycles. The largest absolute Gasteiger partial charge is 0.292 e. The van der Waals surface area contributed by atoms with Crippen LogP contribution in [0.4, 0.5) is 11.4 Å². The van der Waals surface area contributed by atoms with Gasteiger partial charge in [-0.1, -0.05) is 34.1 Å². The predicted molar refractivity (Wildman–Crippen MR) is 118 cm³/mol. The van der Waals surface area contributed by atoms with E-state index in [-0.39, 0.29) is 11.3 Å². The lowest BCUT2D eigenvalue weighted by Gasteiger charge is -2.30. The third-order valence-corrected chi connectivity index (χ3v) is 6.51. The smallest absolute Gasteiger partial charge is 0.270 e. The maximum atomic E-state index is 13.5. The van der Waals surface area contributed by atoms with Gasteiger partial charge in [-0.15, -0.1) is 0 Å². The number of carbonyl (C=O) groups is 3. The number of fused-ring (bicyclic) bond motifs is 3. The molecule has 0 saturated carbocycles. The van der Waals surface area contributed by atoms with Gasteiger partial charge in [0.2, 0.25) is 11.8 Å². The first kappa shape index (κ1) is 20.3. The molecule has 3 aliphatic rings. The molecule has 0 unspecified atom stereocenters. The van der Waals surface area contributed by atoms with Gasteiger partial charge in [-0.3, -0.25) is 29.5 Å². The van der Waals surface area contributed by atoms with Crippen LogP contribution in [0.1, 0.15) is 10.4 Å². The topological polar surface area (TPSA) is 113 Å².